The van der Waals surface area contributed by atoms with Crippen LogP contribution in [0.3, 0.4) is 0 Å². The van der Waals surface area contributed by atoms with Crippen molar-refractivity contribution in [3.63, 3.8) is 0 Å². The lowest BCUT2D eigenvalue weighted by Gasteiger charge is -1.94. The highest BCUT2D eigenvalue weighted by molar-refractivity contribution is 7.80. The van der Waals surface area contributed by atoms with Crippen molar-refractivity contribution in [2.45, 2.75) is 0 Å². The first-order valence-corrected chi connectivity index (χ1v) is 4.04. The molecule has 0 aliphatic carbocycles. The van der Waals surface area contributed by atoms with E-state index >= 15 is 0 Å². The summed E-state index contributed by atoms with van der Waals surface area (Å²) < 4.78 is 24.7. The summed E-state index contributed by atoms with van der Waals surface area (Å²) in [5.41, 5.74) is 13.9. The number of carbonyl (C=O) groups excluding carboxylic acids is 1. The highest BCUT2D eigenvalue weighted by atomic mass is 32.1. The van der Waals surface area contributed by atoms with Crippen molar-refractivity contribution in [3.8, 4) is 0 Å². The van der Waals surface area contributed by atoms with E-state index in [1.54, 1.807) is 0 Å². The summed E-state index contributed by atoms with van der Waals surface area (Å²) in [6.45, 7) is 0. The Kier molecular flexibility index (Phi) is 5.18. The van der Waals surface area contributed by atoms with Crippen LogP contribution >= 0.6 is 12.2 Å². The van der Waals surface area contributed by atoms with Gasteiger partial charge in [-0.3, -0.25) is 4.79 Å². The fourth-order valence-corrected chi connectivity index (χ4v) is 0.696. The maximum absolute atomic E-state index is 12.3. The van der Waals surface area contributed by atoms with Crippen molar-refractivity contribution in [3.05, 3.63) is 35.4 Å². The Balaban J connectivity index is 0.000000423. The minimum atomic E-state index is -0.844. The molecule has 0 aliphatic rings. The first kappa shape index (κ1) is 13.2. The van der Waals surface area contributed by atoms with E-state index in [1.165, 1.54) is 0 Å². The zero-order valence-electron chi connectivity index (χ0n) is 7.54. The summed E-state index contributed by atoms with van der Waals surface area (Å²) in [6, 6.07) is 2.43. The molecule has 0 radical (unpaired) electrons. The number of thiocarbonyl (C=S) groups is 1. The number of amides is 1. The number of nitrogens with two attached hydrogens (primary N) is 3. The maximum Gasteiger partial charge on any atom is 0.248 e. The molecule has 15 heavy (non-hydrogen) atoms. The molecule has 4 nitrogen and oxygen atoms in total. The number of carbonyl (C=O) groups is 1. The molecule has 0 unspecified atom stereocenters. The van der Waals surface area contributed by atoms with Gasteiger partial charge in [-0.2, -0.15) is 0 Å². The Bertz CT molecular complexity index is 360. The van der Waals surface area contributed by atoms with Crippen LogP contribution in [0.1, 0.15) is 10.4 Å². The lowest BCUT2D eigenvalue weighted by Crippen LogP contribution is -2.18. The van der Waals surface area contributed by atoms with Gasteiger partial charge in [-0.05, 0) is 24.4 Å². The van der Waals surface area contributed by atoms with E-state index < -0.39 is 17.5 Å². The Morgan fingerprint density at radius 2 is 1.40 bits per heavy atom. The van der Waals surface area contributed by atoms with Crippen molar-refractivity contribution in [1.29, 1.82) is 0 Å². The van der Waals surface area contributed by atoms with Crippen LogP contribution in [0.15, 0.2) is 18.2 Å². The maximum atomic E-state index is 12.3. The monoisotopic (exact) mass is 233 g/mol. The molecule has 0 saturated heterocycles. The first-order chi connectivity index (χ1) is 6.82. The number of halogens is 2. The summed E-state index contributed by atoms with van der Waals surface area (Å²) in [4.78, 5) is 10.4. The fourth-order valence-electron chi connectivity index (χ4n) is 0.696. The molecule has 1 aromatic carbocycles. The molecule has 7 heteroatoms. The molecule has 0 atom stereocenters. The van der Waals surface area contributed by atoms with Crippen molar-refractivity contribution in [1.82, 2.24) is 0 Å². The minimum Gasteiger partial charge on any atom is -0.377 e. The molecule has 1 rings (SSSR count). The van der Waals surface area contributed by atoms with Gasteiger partial charge in [0.25, 0.3) is 0 Å². The standard InChI is InChI=1S/C7H5F2NO.CH4N2S/c8-5-1-4(7(10)11)2-6(9)3-5;2-1(3)4/h1-3H,(H2,10,11);(H4,2,3,4). The van der Waals surface area contributed by atoms with Crippen molar-refractivity contribution >= 4 is 23.2 Å². The van der Waals surface area contributed by atoms with Gasteiger partial charge >= 0.3 is 0 Å². The van der Waals surface area contributed by atoms with Gasteiger partial charge in [-0.1, -0.05) is 0 Å². The predicted octanol–water partition coefficient (Wildman–Crippen LogP) is 0.252. The van der Waals surface area contributed by atoms with Gasteiger partial charge in [0.1, 0.15) is 11.6 Å². The van der Waals surface area contributed by atoms with Crippen LogP contribution in [0.4, 0.5) is 8.78 Å². The quantitative estimate of drug-likeness (QED) is 0.606. The fraction of sp³-hybridized carbons (Fsp3) is 0. The molecule has 0 bridgehead atoms. The number of hydrogen-bond acceptors (Lipinski definition) is 2. The van der Waals surface area contributed by atoms with E-state index in [1.807, 2.05) is 0 Å². The molecular weight excluding hydrogens is 224 g/mol. The summed E-state index contributed by atoms with van der Waals surface area (Å²) in [5, 5.41) is 0.000000000000000222. The van der Waals surface area contributed by atoms with Crippen molar-refractivity contribution in [2.24, 2.45) is 17.2 Å². The van der Waals surface area contributed by atoms with Gasteiger partial charge in [0, 0.05) is 11.6 Å². The molecule has 0 aliphatic heterocycles. The van der Waals surface area contributed by atoms with Gasteiger partial charge in [0.2, 0.25) is 5.91 Å². The Labute approximate surface area is 90.0 Å². The lowest BCUT2D eigenvalue weighted by atomic mass is 10.2. The highest BCUT2D eigenvalue weighted by Crippen LogP contribution is 2.06. The topological polar surface area (TPSA) is 95.1 Å². The molecule has 0 heterocycles. The molecule has 0 aromatic heterocycles. The van der Waals surface area contributed by atoms with Gasteiger partial charge in [0.15, 0.2) is 5.11 Å². The summed E-state index contributed by atoms with van der Waals surface area (Å²) in [5.74, 6) is -2.46. The third-order valence-electron chi connectivity index (χ3n) is 1.15. The van der Waals surface area contributed by atoms with Crippen LogP contribution in [0.2, 0.25) is 0 Å². The summed E-state index contributed by atoms with van der Waals surface area (Å²) in [6.07, 6.45) is 0. The van der Waals surface area contributed by atoms with Gasteiger partial charge in [0.05, 0.1) is 0 Å². The second-order valence-corrected chi connectivity index (χ2v) is 2.90. The smallest absolute Gasteiger partial charge is 0.248 e. The van der Waals surface area contributed by atoms with Gasteiger partial charge < -0.3 is 17.2 Å². The van der Waals surface area contributed by atoms with Crippen LogP contribution < -0.4 is 17.2 Å². The normalized spacial score (nSPS) is 8.67. The second-order valence-electron chi connectivity index (χ2n) is 2.42. The van der Waals surface area contributed by atoms with E-state index in [-0.39, 0.29) is 10.7 Å². The Morgan fingerprint density at radius 3 is 1.67 bits per heavy atom. The van der Waals surface area contributed by atoms with Crippen LogP contribution in [0.25, 0.3) is 0 Å². The van der Waals surface area contributed by atoms with Crippen LogP contribution in [-0.2, 0) is 0 Å². The first-order valence-electron chi connectivity index (χ1n) is 3.63. The average Bonchev–Trinajstić information content (AvgIpc) is 2.00. The molecule has 1 aromatic rings. The highest BCUT2D eigenvalue weighted by Gasteiger charge is 2.03. The third-order valence-corrected chi connectivity index (χ3v) is 1.15. The number of benzene rings is 1. The molecule has 0 saturated carbocycles. The van der Waals surface area contributed by atoms with Crippen LogP contribution in [0, 0.1) is 11.6 Å². The molecule has 82 valence electrons. The Hall–Kier alpha value is -1.76. The number of rotatable bonds is 1. The van der Waals surface area contributed by atoms with Crippen molar-refractivity contribution < 1.29 is 13.6 Å². The Morgan fingerprint density at radius 1 is 1.07 bits per heavy atom. The van der Waals surface area contributed by atoms with Gasteiger partial charge in [-0.25, -0.2) is 8.78 Å². The second kappa shape index (κ2) is 5.86. The third kappa shape index (κ3) is 6.33. The average molecular weight is 233 g/mol. The summed E-state index contributed by atoms with van der Waals surface area (Å²) >= 11 is 4.09. The molecule has 0 spiro atoms. The van der Waals surface area contributed by atoms with E-state index in [0.29, 0.717) is 6.07 Å². The minimum absolute atomic E-state index is 0.000000000000000222. The largest absolute Gasteiger partial charge is 0.377 e. The molecule has 6 N–H and O–H groups in total. The van der Waals surface area contributed by atoms with Crippen LogP contribution in [-0.4, -0.2) is 11.0 Å². The molecule has 0 fully saturated rings. The number of primary amides is 1. The van der Waals surface area contributed by atoms with Crippen LogP contribution in [0.5, 0.6) is 0 Å². The van der Waals surface area contributed by atoms with E-state index in [2.05, 4.69) is 23.7 Å². The van der Waals surface area contributed by atoms with Crippen molar-refractivity contribution in [2.75, 3.05) is 0 Å². The zero-order chi connectivity index (χ0) is 12.0. The van der Waals surface area contributed by atoms with E-state index in [0.717, 1.165) is 12.1 Å². The zero-order valence-corrected chi connectivity index (χ0v) is 8.35. The van der Waals surface area contributed by atoms with E-state index in [4.69, 9.17) is 5.73 Å². The number of hydrogen-bond donors (Lipinski definition) is 3. The summed E-state index contributed by atoms with van der Waals surface area (Å²) in [7, 11) is 0. The lowest BCUT2D eigenvalue weighted by molar-refractivity contribution is 0.0999. The van der Waals surface area contributed by atoms with Gasteiger partial charge in [-0.15, -0.1) is 0 Å². The molecule has 1 amide bonds. The SMILES string of the molecule is NC(=O)c1cc(F)cc(F)c1.NC(N)=S. The molecular formula is C8H9F2N3OS. The predicted molar refractivity (Wildman–Crippen MR) is 55.8 cm³/mol. The van der Waals surface area contributed by atoms with E-state index in [9.17, 15) is 13.6 Å².